The van der Waals surface area contributed by atoms with E-state index in [0.29, 0.717) is 17.5 Å². The number of fused-ring (bicyclic) bond motifs is 10. The molecule has 0 unspecified atom stereocenters. The number of aromatic nitrogens is 3. The van der Waals surface area contributed by atoms with Crippen LogP contribution >= 0.6 is 0 Å². The number of hydrogen-bond donors (Lipinski definition) is 0. The van der Waals surface area contributed by atoms with Crippen molar-refractivity contribution in [2.24, 2.45) is 0 Å². The number of hydrogen-bond acceptors (Lipinski definition) is 4. The van der Waals surface area contributed by atoms with Crippen LogP contribution in [0.5, 0.6) is 11.5 Å². The van der Waals surface area contributed by atoms with Crippen LogP contribution in [0.3, 0.4) is 0 Å². The summed E-state index contributed by atoms with van der Waals surface area (Å²) in [6, 6.07) is 74.9. The molecule has 0 radical (unpaired) electrons. The number of para-hydroxylation sites is 2. The number of benzene rings is 9. The Kier molecular flexibility index (Phi) is 7.72. The van der Waals surface area contributed by atoms with Crippen molar-refractivity contribution in [2.45, 2.75) is 5.41 Å². The van der Waals surface area contributed by atoms with Crippen LogP contribution in [-0.2, 0) is 5.41 Å². The summed E-state index contributed by atoms with van der Waals surface area (Å²) in [5.41, 5.74) is 14.0. The lowest BCUT2D eigenvalue weighted by Crippen LogP contribution is -2.32. The highest BCUT2D eigenvalue weighted by Crippen LogP contribution is 2.63. The van der Waals surface area contributed by atoms with Gasteiger partial charge in [0.2, 0.25) is 0 Å². The molecule has 9 aromatic carbocycles. The third-order valence-electron chi connectivity index (χ3n) is 12.2. The van der Waals surface area contributed by atoms with E-state index in [0.717, 1.165) is 72.3 Å². The van der Waals surface area contributed by atoms with Crippen molar-refractivity contribution in [3.05, 3.63) is 235 Å². The molecule has 0 N–H and O–H groups in total. The molecule has 4 nitrogen and oxygen atoms in total. The Morgan fingerprint density at radius 2 is 0.800 bits per heavy atom. The van der Waals surface area contributed by atoms with Crippen LogP contribution < -0.4 is 4.74 Å². The van der Waals surface area contributed by atoms with Gasteiger partial charge in [-0.3, -0.25) is 0 Å². The van der Waals surface area contributed by atoms with Crippen molar-refractivity contribution in [3.63, 3.8) is 0 Å². The normalized spacial score (nSPS) is 12.9. The van der Waals surface area contributed by atoms with E-state index >= 15 is 0 Å². The molecule has 280 valence electrons. The minimum absolute atomic E-state index is 0.546. The molecule has 0 atom stereocenters. The standard InChI is InChI=1S/C56H35N3O/c1-2-16-36(17-3-1)38-20-12-22-40(34-38)53-57-54(59-55(58-53)44-27-14-19-37-18-4-5-24-42(37)44)41-23-13-21-39(35-41)43-26-15-31-49-52(43)45-25-6-7-28-46(45)56(49)47-29-8-10-32-50(47)60-51-33-11-9-30-48(51)56/h1-35H. The van der Waals surface area contributed by atoms with Crippen LogP contribution in [0.15, 0.2) is 212 Å². The molecule has 0 amide bonds. The fraction of sp³-hybridized carbons (Fsp3) is 0.0179. The first-order valence-electron chi connectivity index (χ1n) is 20.4. The van der Waals surface area contributed by atoms with E-state index in [2.05, 4.69) is 206 Å². The topological polar surface area (TPSA) is 47.9 Å². The minimum Gasteiger partial charge on any atom is -0.457 e. The van der Waals surface area contributed by atoms with Gasteiger partial charge in [-0.25, -0.2) is 15.0 Å². The lowest BCUT2D eigenvalue weighted by Gasteiger charge is -2.39. The summed E-state index contributed by atoms with van der Waals surface area (Å²) in [5.74, 6) is 3.64. The summed E-state index contributed by atoms with van der Waals surface area (Å²) in [5, 5.41) is 2.23. The predicted octanol–water partition coefficient (Wildman–Crippen LogP) is 13.8. The van der Waals surface area contributed by atoms with Crippen molar-refractivity contribution in [1.82, 2.24) is 15.0 Å². The van der Waals surface area contributed by atoms with Crippen molar-refractivity contribution in [1.29, 1.82) is 0 Å². The number of nitrogens with zero attached hydrogens (tertiary/aromatic N) is 3. The summed E-state index contributed by atoms with van der Waals surface area (Å²) in [4.78, 5) is 15.7. The van der Waals surface area contributed by atoms with Gasteiger partial charge in [-0.2, -0.15) is 0 Å². The Balaban J connectivity index is 1.06. The SMILES string of the molecule is c1ccc(-c2cccc(-c3nc(-c4cccc(-c5cccc6c5-c5ccccc5C65c6ccccc6Oc6ccccc65)c4)nc(-c4cccc5ccccc45)n3)c2)cc1. The summed E-state index contributed by atoms with van der Waals surface area (Å²) in [6.07, 6.45) is 0. The lowest BCUT2D eigenvalue weighted by molar-refractivity contribution is 0.436. The summed E-state index contributed by atoms with van der Waals surface area (Å²) >= 11 is 0. The van der Waals surface area contributed by atoms with Gasteiger partial charge in [0.05, 0.1) is 5.41 Å². The number of rotatable bonds is 5. The third kappa shape index (κ3) is 5.21. The minimum atomic E-state index is -0.546. The van der Waals surface area contributed by atoms with E-state index in [-0.39, 0.29) is 0 Å². The third-order valence-corrected chi connectivity index (χ3v) is 12.2. The van der Waals surface area contributed by atoms with E-state index in [1.54, 1.807) is 0 Å². The Morgan fingerprint density at radius 3 is 1.57 bits per heavy atom. The Labute approximate surface area is 348 Å². The molecule has 0 bridgehead atoms. The van der Waals surface area contributed by atoms with Gasteiger partial charge in [-0.15, -0.1) is 0 Å². The number of ether oxygens (including phenoxy) is 1. The fourth-order valence-electron chi connectivity index (χ4n) is 9.61. The summed E-state index contributed by atoms with van der Waals surface area (Å²) in [7, 11) is 0. The van der Waals surface area contributed by atoms with Crippen molar-refractivity contribution < 1.29 is 4.74 Å². The van der Waals surface area contributed by atoms with Gasteiger partial charge < -0.3 is 4.74 Å². The molecule has 1 spiro atoms. The van der Waals surface area contributed by atoms with Gasteiger partial charge in [0.25, 0.3) is 0 Å². The predicted molar refractivity (Wildman–Crippen MR) is 242 cm³/mol. The zero-order chi connectivity index (χ0) is 39.6. The van der Waals surface area contributed by atoms with Crippen molar-refractivity contribution in [3.8, 4) is 79.0 Å². The van der Waals surface area contributed by atoms with Gasteiger partial charge in [-0.05, 0) is 79.5 Å². The van der Waals surface area contributed by atoms with Crippen LogP contribution in [-0.4, -0.2) is 15.0 Å². The molecule has 4 heteroatoms. The highest BCUT2D eigenvalue weighted by atomic mass is 16.5. The average Bonchev–Trinajstić information content (AvgIpc) is 3.62. The second-order valence-corrected chi connectivity index (χ2v) is 15.5. The molecule has 12 rings (SSSR count). The highest BCUT2D eigenvalue weighted by molar-refractivity contribution is 5.98. The maximum Gasteiger partial charge on any atom is 0.164 e. The lowest BCUT2D eigenvalue weighted by atomic mass is 9.66. The Hall–Kier alpha value is -7.95. The maximum atomic E-state index is 6.59. The molecule has 60 heavy (non-hydrogen) atoms. The van der Waals surface area contributed by atoms with Crippen LogP contribution in [0.2, 0.25) is 0 Å². The summed E-state index contributed by atoms with van der Waals surface area (Å²) in [6.45, 7) is 0. The first-order chi connectivity index (χ1) is 29.7. The molecule has 1 aliphatic carbocycles. The zero-order valence-electron chi connectivity index (χ0n) is 32.5. The second kappa shape index (κ2) is 13.6. The van der Waals surface area contributed by atoms with Gasteiger partial charge in [0.15, 0.2) is 17.5 Å². The van der Waals surface area contributed by atoms with E-state index in [1.165, 1.54) is 22.3 Å². The van der Waals surface area contributed by atoms with Crippen molar-refractivity contribution in [2.75, 3.05) is 0 Å². The zero-order valence-corrected chi connectivity index (χ0v) is 32.5. The molecular weight excluding hydrogens is 731 g/mol. The quantitative estimate of drug-likeness (QED) is 0.175. The van der Waals surface area contributed by atoms with Gasteiger partial charge in [0, 0.05) is 27.8 Å². The van der Waals surface area contributed by atoms with Crippen LogP contribution in [0.25, 0.3) is 78.3 Å². The smallest absolute Gasteiger partial charge is 0.164 e. The molecule has 10 aromatic rings. The molecule has 0 saturated carbocycles. The van der Waals surface area contributed by atoms with Crippen LogP contribution in [0.4, 0.5) is 0 Å². The Morgan fingerprint density at radius 1 is 0.317 bits per heavy atom. The maximum absolute atomic E-state index is 6.59. The molecule has 1 aliphatic heterocycles. The average molecular weight is 766 g/mol. The summed E-state index contributed by atoms with van der Waals surface area (Å²) < 4.78 is 6.59. The van der Waals surface area contributed by atoms with Crippen molar-refractivity contribution >= 4 is 10.8 Å². The molecule has 2 heterocycles. The van der Waals surface area contributed by atoms with E-state index in [9.17, 15) is 0 Å². The van der Waals surface area contributed by atoms with Crippen LogP contribution in [0.1, 0.15) is 22.3 Å². The molecular formula is C56H35N3O. The van der Waals surface area contributed by atoms with E-state index in [1.807, 2.05) is 6.07 Å². The molecule has 2 aliphatic rings. The van der Waals surface area contributed by atoms with Crippen LogP contribution in [0, 0.1) is 0 Å². The van der Waals surface area contributed by atoms with E-state index < -0.39 is 5.41 Å². The first-order valence-corrected chi connectivity index (χ1v) is 20.4. The molecule has 0 saturated heterocycles. The molecule has 0 fully saturated rings. The first kappa shape index (κ1) is 34.1. The largest absolute Gasteiger partial charge is 0.457 e. The van der Waals surface area contributed by atoms with Gasteiger partial charge in [-0.1, -0.05) is 188 Å². The Bertz CT molecular complexity index is 3270. The second-order valence-electron chi connectivity index (χ2n) is 15.5. The fourth-order valence-corrected chi connectivity index (χ4v) is 9.61. The van der Waals surface area contributed by atoms with Gasteiger partial charge >= 0.3 is 0 Å². The van der Waals surface area contributed by atoms with Gasteiger partial charge in [0.1, 0.15) is 11.5 Å². The highest BCUT2D eigenvalue weighted by Gasteiger charge is 2.51. The monoisotopic (exact) mass is 765 g/mol. The van der Waals surface area contributed by atoms with E-state index in [4.69, 9.17) is 19.7 Å². The molecule has 1 aromatic heterocycles.